The van der Waals surface area contributed by atoms with Crippen LogP contribution in [-0.2, 0) is 133 Å². The van der Waals surface area contributed by atoms with Crippen LogP contribution in [-0.4, -0.2) is 146 Å². The number of phenolic OH excluding ortho intramolecular Hbond substituents is 6. The van der Waals surface area contributed by atoms with Crippen LogP contribution < -0.4 is 56.1 Å². The molecule has 0 unspecified atom stereocenters. The fraction of sp³-hybridized carbons (Fsp3) is 0.211. The summed E-state index contributed by atoms with van der Waals surface area (Å²) in [5.74, 6) is -6.30. The van der Waals surface area contributed by atoms with Crippen LogP contribution in [0.3, 0.4) is 0 Å². The SMILES string of the molecule is CCn1c(O)c(N=Nc2cc([N+](=O)[O-])ccc2O)c(=O)n(CC)c1=S.CCn1c(O)c(N=Nc2cc([N+](=O)[O-])ccc2O)c(=O)n(CC)c1=S.Cn1c(O)c(N=Nc2cc([N+](=O)[O-])ccc2O)c(=O)n(C)c1=O.Cn1c(O)c(N=Nc2cc([N+](=O)[O-])ccc2O)c(=O)n(C)c1=O.Cn1c(O)c(N=Nc2ccc([N+](=O)[O-])cc2O)c(=O)n(C)c1=O.Cn1c(O)c(N=Nc2ccc([N+](=O)[O-])cc2O)c(=O)n(C)c1=O.[Co].[Co].[Co]. The topological polar surface area (TPSA) is 880 Å². The van der Waals surface area contributed by atoms with E-state index in [4.69, 9.17) is 24.4 Å². The van der Waals surface area contributed by atoms with Crippen LogP contribution in [0.4, 0.5) is 102 Å². The average Bonchev–Trinajstić information content (AvgIpc) is 0.787. The first-order valence-corrected chi connectivity index (χ1v) is 39.8. The van der Waals surface area contributed by atoms with E-state index in [9.17, 15) is 170 Å². The Labute approximate surface area is 843 Å². The molecule has 0 fully saturated rings. The number of rotatable bonds is 22. The first kappa shape index (κ1) is 119. The molecule has 0 aliphatic carbocycles. The Hall–Kier alpha value is -18.6. The van der Waals surface area contributed by atoms with Crippen molar-refractivity contribution in [1.82, 2.24) is 54.8 Å². The summed E-state index contributed by atoms with van der Waals surface area (Å²) < 4.78 is 11.4. The zero-order valence-electron chi connectivity index (χ0n) is 75.8. The van der Waals surface area contributed by atoms with Gasteiger partial charge < -0.3 is 61.3 Å². The molecular formula is C76H74Co3N30O34S2. The minimum atomic E-state index is -0.903. The first-order valence-electron chi connectivity index (χ1n) is 39.0. The standard InChI is InChI=1S/2C14H15N5O5S.4C12H11N5O6.3Co/c2*1-3-17-12(21)11(13(22)18(4-2)14(17)25)16-15-9-7-8(19(23)24)5-6-10(9)20;2*1-15-10(19)9(11(20)16(2)12(15)21)14-13-7-5-6(17(22)23)3-4-8(7)18;2*1-15-10(19)9(11(20)16(2)12(15)21)14-13-7-4-3-6(17(22)23)5-8(7)18;;;/h2*5-7,20-21H,3-4H2,1-2H3;4*3-5,18-19H,1-2H3;;;. The molecule has 12 N–H and O–H groups in total. The van der Waals surface area contributed by atoms with Crippen LogP contribution in [0.15, 0.2) is 219 Å². The molecule has 64 nitrogen and oxygen atoms in total. The molecule has 145 heavy (non-hydrogen) atoms. The van der Waals surface area contributed by atoms with Crippen LogP contribution in [0.1, 0.15) is 27.7 Å². The smallest absolute Gasteiger partial charge is 0.333 e. The summed E-state index contributed by atoms with van der Waals surface area (Å²) in [6.07, 6.45) is 0. The fourth-order valence-electron chi connectivity index (χ4n) is 11.1. The zero-order valence-corrected chi connectivity index (χ0v) is 80.6. The number of aromatic nitrogens is 12. The van der Waals surface area contributed by atoms with Gasteiger partial charge in [-0.3, -0.25) is 144 Å². The van der Waals surface area contributed by atoms with Crippen molar-refractivity contribution in [3.63, 3.8) is 0 Å². The maximum atomic E-state index is 12.4. The summed E-state index contributed by atoms with van der Waals surface area (Å²) in [6.45, 7) is 8.01. The predicted octanol–water partition coefficient (Wildman–Crippen LogP) is 9.58. The summed E-state index contributed by atoms with van der Waals surface area (Å²) in [4.78, 5) is 179. The molecule has 0 saturated carbocycles. The Bertz CT molecular complexity index is 7710. The van der Waals surface area contributed by atoms with Crippen LogP contribution in [0.5, 0.6) is 69.8 Å². The molecule has 0 amide bonds. The van der Waals surface area contributed by atoms with Gasteiger partial charge in [-0.1, -0.05) is 0 Å². The summed E-state index contributed by atoms with van der Waals surface area (Å²) in [7, 11) is 9.70. The van der Waals surface area contributed by atoms with E-state index in [1.54, 1.807) is 27.7 Å². The molecule has 6 aromatic heterocycles. The molecule has 0 aliphatic heterocycles. The Balaban J connectivity index is 0.000000361. The monoisotopic (exact) mass is 2190 g/mol. The Kier molecular flexibility index (Phi) is 41.6. The molecule has 69 heteroatoms. The van der Waals surface area contributed by atoms with Gasteiger partial charge in [-0.2, -0.15) is 0 Å². The molecule has 0 bridgehead atoms. The number of benzene rings is 6. The molecule has 771 valence electrons. The number of non-ortho nitro benzene ring substituents is 6. The Morgan fingerprint density at radius 3 is 0.586 bits per heavy atom. The Morgan fingerprint density at radius 2 is 0.407 bits per heavy atom. The van der Waals surface area contributed by atoms with E-state index < -0.39 is 167 Å². The fourth-order valence-corrected chi connectivity index (χ4v) is 12.0. The second-order valence-corrected chi connectivity index (χ2v) is 28.5. The number of aromatic hydroxyl groups is 12. The number of nitro benzene ring substituents is 6. The maximum Gasteiger partial charge on any atom is 0.333 e. The van der Waals surface area contributed by atoms with Crippen molar-refractivity contribution in [2.24, 2.45) is 118 Å². The van der Waals surface area contributed by atoms with Crippen LogP contribution in [0.25, 0.3) is 0 Å². The average molecular weight is 2190 g/mol. The van der Waals surface area contributed by atoms with Gasteiger partial charge in [0.05, 0.1) is 41.7 Å². The van der Waals surface area contributed by atoms with Crippen molar-refractivity contribution in [3.8, 4) is 69.8 Å². The minimum Gasteiger partial charge on any atom is -0.506 e. The van der Waals surface area contributed by atoms with Crippen LogP contribution in [0, 0.1) is 70.2 Å². The first-order chi connectivity index (χ1) is 66.6. The van der Waals surface area contributed by atoms with Gasteiger partial charge in [-0.25, -0.2) is 19.2 Å². The van der Waals surface area contributed by atoms with E-state index in [0.717, 1.165) is 137 Å². The summed E-state index contributed by atoms with van der Waals surface area (Å²) >= 11 is 10.3. The number of hydrogen-bond donors (Lipinski definition) is 12. The Morgan fingerprint density at radius 1 is 0.234 bits per heavy atom. The van der Waals surface area contributed by atoms with Crippen molar-refractivity contribution >= 4 is 127 Å². The molecular weight excluding hydrogens is 2120 g/mol. The van der Waals surface area contributed by atoms with E-state index in [0.29, 0.717) is 22.2 Å². The summed E-state index contributed by atoms with van der Waals surface area (Å²) in [5.41, 5.74) is -13.9. The molecule has 3 radical (unpaired) electrons. The molecule has 0 spiro atoms. The van der Waals surface area contributed by atoms with Gasteiger partial charge >= 0.3 is 22.8 Å². The van der Waals surface area contributed by atoms with Crippen molar-refractivity contribution in [2.45, 2.75) is 53.9 Å². The van der Waals surface area contributed by atoms with E-state index in [2.05, 4.69) is 61.4 Å². The summed E-state index contributed by atoms with van der Waals surface area (Å²) in [5, 5.41) is 225. The maximum absolute atomic E-state index is 12.4. The largest absolute Gasteiger partial charge is 0.506 e. The van der Waals surface area contributed by atoms with Gasteiger partial charge in [0, 0.05) is 194 Å². The number of phenols is 6. The van der Waals surface area contributed by atoms with Crippen molar-refractivity contribution in [1.29, 1.82) is 0 Å². The van der Waals surface area contributed by atoms with Crippen LogP contribution >= 0.6 is 24.4 Å². The third-order valence-corrected chi connectivity index (χ3v) is 19.9. The molecule has 0 atom stereocenters. The second-order valence-electron chi connectivity index (χ2n) is 27.8. The van der Waals surface area contributed by atoms with Gasteiger partial charge in [0.25, 0.3) is 67.5 Å². The van der Waals surface area contributed by atoms with E-state index >= 15 is 0 Å². The third-order valence-electron chi connectivity index (χ3n) is 19.0. The van der Waals surface area contributed by atoms with Crippen molar-refractivity contribution in [3.05, 3.63) is 283 Å². The third kappa shape index (κ3) is 27.1. The van der Waals surface area contributed by atoms with Gasteiger partial charge in [-0.05, 0) is 88.5 Å². The van der Waals surface area contributed by atoms with Crippen molar-refractivity contribution < 1.29 is 141 Å². The molecule has 0 aliphatic rings. The molecule has 0 saturated heterocycles. The van der Waals surface area contributed by atoms with E-state index in [1.807, 2.05) is 0 Å². The number of nitrogens with zero attached hydrogens (tertiary/aromatic N) is 30. The van der Waals surface area contributed by atoms with Gasteiger partial charge in [0.1, 0.15) is 68.6 Å². The quantitative estimate of drug-likeness (QED) is 0.0130. The van der Waals surface area contributed by atoms with Crippen molar-refractivity contribution in [2.75, 3.05) is 0 Å². The number of hydrogen-bond acceptors (Lipinski definition) is 48. The molecule has 6 heterocycles. The normalized spacial score (nSPS) is 10.8. The molecule has 12 aromatic rings. The molecule has 6 aromatic carbocycles. The zero-order chi connectivity index (χ0) is 107. The van der Waals surface area contributed by atoms with Crippen LogP contribution in [0.2, 0.25) is 0 Å². The van der Waals surface area contributed by atoms with Gasteiger partial charge in [0.15, 0.2) is 9.54 Å². The number of nitro groups is 6. The van der Waals surface area contributed by atoms with Gasteiger partial charge in [0.2, 0.25) is 69.4 Å². The van der Waals surface area contributed by atoms with E-state index in [1.165, 1.54) is 74.6 Å². The minimum absolute atomic E-state index is 0. The predicted molar refractivity (Wildman–Crippen MR) is 493 cm³/mol. The molecule has 12 rings (SSSR count). The summed E-state index contributed by atoms with van der Waals surface area (Å²) in [6, 6.07) is 18.7. The van der Waals surface area contributed by atoms with Gasteiger partial charge in [-0.15, -0.1) is 61.4 Å². The second kappa shape index (κ2) is 50.8. The van der Waals surface area contributed by atoms with E-state index in [-0.39, 0.29) is 164 Å². The number of azo groups is 6.